The van der Waals surface area contributed by atoms with E-state index in [1.807, 2.05) is 0 Å². The molecule has 1 heterocycles. The molecule has 0 radical (unpaired) electrons. The molecule has 0 bridgehead atoms. The van der Waals surface area contributed by atoms with Gasteiger partial charge in [0.15, 0.2) is 0 Å². The lowest BCUT2D eigenvalue weighted by Crippen LogP contribution is -2.39. The SMILES string of the molecule is CCCN1CCC(C)(S)CC1. The number of hydrogen-bond acceptors (Lipinski definition) is 2. The number of thiol groups is 1. The van der Waals surface area contributed by atoms with Crippen LogP contribution < -0.4 is 0 Å². The van der Waals surface area contributed by atoms with Gasteiger partial charge in [0.2, 0.25) is 0 Å². The van der Waals surface area contributed by atoms with Gasteiger partial charge in [0.25, 0.3) is 0 Å². The topological polar surface area (TPSA) is 3.24 Å². The molecule has 66 valence electrons. The third-order valence-corrected chi connectivity index (χ3v) is 2.92. The van der Waals surface area contributed by atoms with Gasteiger partial charge in [-0.05, 0) is 38.9 Å². The Balaban J connectivity index is 2.25. The van der Waals surface area contributed by atoms with E-state index >= 15 is 0 Å². The molecular formula is C9H19NS. The van der Waals surface area contributed by atoms with E-state index in [4.69, 9.17) is 0 Å². The van der Waals surface area contributed by atoms with Crippen molar-refractivity contribution in [3.8, 4) is 0 Å². The van der Waals surface area contributed by atoms with Gasteiger partial charge < -0.3 is 4.90 Å². The average molecular weight is 173 g/mol. The Morgan fingerprint density at radius 3 is 2.36 bits per heavy atom. The monoisotopic (exact) mass is 173 g/mol. The summed E-state index contributed by atoms with van der Waals surface area (Å²) >= 11 is 4.60. The first kappa shape index (κ1) is 9.40. The van der Waals surface area contributed by atoms with Crippen molar-refractivity contribution in [2.75, 3.05) is 19.6 Å². The molecule has 0 spiro atoms. The van der Waals surface area contributed by atoms with Crippen LogP contribution in [0.3, 0.4) is 0 Å². The van der Waals surface area contributed by atoms with Crippen LogP contribution in [0.5, 0.6) is 0 Å². The van der Waals surface area contributed by atoms with Crippen LogP contribution in [0.1, 0.15) is 33.1 Å². The van der Waals surface area contributed by atoms with Crippen LogP contribution in [0.15, 0.2) is 0 Å². The van der Waals surface area contributed by atoms with Gasteiger partial charge in [-0.25, -0.2) is 0 Å². The summed E-state index contributed by atoms with van der Waals surface area (Å²) in [5, 5.41) is 0. The molecule has 1 nitrogen and oxygen atoms in total. The Morgan fingerprint density at radius 1 is 1.36 bits per heavy atom. The largest absolute Gasteiger partial charge is 0.303 e. The molecule has 1 saturated heterocycles. The molecule has 0 aromatic rings. The van der Waals surface area contributed by atoms with Crippen molar-refractivity contribution in [2.24, 2.45) is 0 Å². The molecule has 0 N–H and O–H groups in total. The minimum atomic E-state index is 0.310. The zero-order valence-electron chi connectivity index (χ0n) is 7.64. The lowest BCUT2D eigenvalue weighted by atomic mass is 9.98. The van der Waals surface area contributed by atoms with Crippen molar-refractivity contribution >= 4 is 12.6 Å². The molecular weight excluding hydrogens is 154 g/mol. The summed E-state index contributed by atoms with van der Waals surface area (Å²) in [5.41, 5.74) is 0. The number of piperidine rings is 1. The summed E-state index contributed by atoms with van der Waals surface area (Å²) < 4.78 is 0.310. The molecule has 1 aliphatic heterocycles. The molecule has 0 saturated carbocycles. The fourth-order valence-corrected chi connectivity index (χ4v) is 1.77. The van der Waals surface area contributed by atoms with Crippen molar-refractivity contribution < 1.29 is 0 Å². The third-order valence-electron chi connectivity index (χ3n) is 2.47. The first-order valence-corrected chi connectivity index (χ1v) is 5.03. The number of hydrogen-bond donors (Lipinski definition) is 1. The summed E-state index contributed by atoms with van der Waals surface area (Å²) in [7, 11) is 0. The smallest absolute Gasteiger partial charge is 0.0126 e. The third kappa shape index (κ3) is 3.04. The molecule has 0 amide bonds. The predicted molar refractivity (Wildman–Crippen MR) is 53.4 cm³/mol. The zero-order valence-corrected chi connectivity index (χ0v) is 8.53. The van der Waals surface area contributed by atoms with Crippen LogP contribution >= 0.6 is 12.6 Å². The van der Waals surface area contributed by atoms with Gasteiger partial charge in [0.05, 0.1) is 0 Å². The Bertz CT molecular complexity index is 113. The van der Waals surface area contributed by atoms with Gasteiger partial charge >= 0.3 is 0 Å². The highest BCUT2D eigenvalue weighted by molar-refractivity contribution is 7.81. The Morgan fingerprint density at radius 2 is 1.91 bits per heavy atom. The molecule has 1 rings (SSSR count). The Labute approximate surface area is 75.6 Å². The minimum absolute atomic E-state index is 0.310. The normalized spacial score (nSPS) is 25.4. The maximum Gasteiger partial charge on any atom is 0.0126 e. The van der Waals surface area contributed by atoms with Crippen LogP contribution in [0.4, 0.5) is 0 Å². The summed E-state index contributed by atoms with van der Waals surface area (Å²) in [4.78, 5) is 2.54. The summed E-state index contributed by atoms with van der Waals surface area (Å²) in [6, 6.07) is 0. The van der Waals surface area contributed by atoms with E-state index < -0.39 is 0 Å². The predicted octanol–water partition coefficient (Wildman–Crippen LogP) is 2.18. The van der Waals surface area contributed by atoms with E-state index in [9.17, 15) is 0 Å². The van der Waals surface area contributed by atoms with Crippen LogP contribution in [0, 0.1) is 0 Å². The Hall–Kier alpha value is 0.310. The average Bonchev–Trinajstić information content (AvgIpc) is 1.94. The van der Waals surface area contributed by atoms with Crippen molar-refractivity contribution in [3.05, 3.63) is 0 Å². The van der Waals surface area contributed by atoms with Crippen molar-refractivity contribution in [2.45, 2.75) is 37.9 Å². The number of likely N-dealkylation sites (tertiary alicyclic amines) is 1. The summed E-state index contributed by atoms with van der Waals surface area (Å²) in [6.45, 7) is 8.25. The molecule has 0 aliphatic carbocycles. The van der Waals surface area contributed by atoms with Gasteiger partial charge in [0, 0.05) is 4.75 Å². The maximum absolute atomic E-state index is 4.60. The summed E-state index contributed by atoms with van der Waals surface area (Å²) in [6.07, 6.45) is 3.77. The van der Waals surface area contributed by atoms with E-state index in [1.54, 1.807) is 0 Å². The zero-order chi connectivity index (χ0) is 8.32. The number of rotatable bonds is 2. The van der Waals surface area contributed by atoms with Gasteiger partial charge in [-0.2, -0.15) is 12.6 Å². The highest BCUT2D eigenvalue weighted by Crippen LogP contribution is 2.27. The van der Waals surface area contributed by atoms with Crippen molar-refractivity contribution in [3.63, 3.8) is 0 Å². The fourth-order valence-electron chi connectivity index (χ4n) is 1.57. The molecule has 0 aromatic heterocycles. The van der Waals surface area contributed by atoms with E-state index in [-0.39, 0.29) is 0 Å². The van der Waals surface area contributed by atoms with Gasteiger partial charge in [-0.1, -0.05) is 13.8 Å². The van der Waals surface area contributed by atoms with E-state index in [2.05, 4.69) is 31.4 Å². The quantitative estimate of drug-likeness (QED) is 0.626. The first-order chi connectivity index (χ1) is 5.14. The molecule has 1 fully saturated rings. The van der Waals surface area contributed by atoms with Crippen molar-refractivity contribution in [1.82, 2.24) is 4.90 Å². The standard InChI is InChI=1S/C9H19NS/c1-3-6-10-7-4-9(2,11)5-8-10/h11H,3-8H2,1-2H3. The molecule has 0 unspecified atom stereocenters. The first-order valence-electron chi connectivity index (χ1n) is 4.59. The van der Waals surface area contributed by atoms with Crippen LogP contribution in [0.2, 0.25) is 0 Å². The van der Waals surface area contributed by atoms with Gasteiger partial charge in [-0.15, -0.1) is 0 Å². The van der Waals surface area contributed by atoms with Gasteiger partial charge in [0.1, 0.15) is 0 Å². The number of nitrogens with zero attached hydrogens (tertiary/aromatic N) is 1. The molecule has 0 aromatic carbocycles. The highest BCUT2D eigenvalue weighted by atomic mass is 32.1. The van der Waals surface area contributed by atoms with Crippen LogP contribution in [0.25, 0.3) is 0 Å². The maximum atomic E-state index is 4.60. The van der Waals surface area contributed by atoms with Crippen LogP contribution in [-0.4, -0.2) is 29.3 Å². The lowest BCUT2D eigenvalue weighted by Gasteiger charge is -2.35. The molecule has 1 aliphatic rings. The highest BCUT2D eigenvalue weighted by Gasteiger charge is 2.25. The van der Waals surface area contributed by atoms with E-state index in [1.165, 1.54) is 38.9 Å². The second-order valence-electron chi connectivity index (χ2n) is 3.84. The second-order valence-corrected chi connectivity index (χ2v) is 4.92. The fraction of sp³-hybridized carbons (Fsp3) is 1.00. The molecule has 0 atom stereocenters. The van der Waals surface area contributed by atoms with Crippen molar-refractivity contribution in [1.29, 1.82) is 0 Å². The van der Waals surface area contributed by atoms with E-state index in [0.717, 1.165) is 0 Å². The van der Waals surface area contributed by atoms with Crippen LogP contribution in [-0.2, 0) is 0 Å². The lowest BCUT2D eigenvalue weighted by molar-refractivity contribution is 0.207. The van der Waals surface area contributed by atoms with Gasteiger partial charge in [-0.3, -0.25) is 0 Å². The second kappa shape index (κ2) is 3.81. The Kier molecular flexibility index (Phi) is 3.26. The molecule has 11 heavy (non-hydrogen) atoms. The van der Waals surface area contributed by atoms with E-state index in [0.29, 0.717) is 4.75 Å². The molecule has 2 heteroatoms. The summed E-state index contributed by atoms with van der Waals surface area (Å²) in [5.74, 6) is 0. The minimum Gasteiger partial charge on any atom is -0.303 e.